The van der Waals surface area contributed by atoms with E-state index in [1.54, 1.807) is 0 Å². The summed E-state index contributed by atoms with van der Waals surface area (Å²) in [6.45, 7) is 1.05. The van der Waals surface area contributed by atoms with Crippen LogP contribution in [0.5, 0.6) is 0 Å². The van der Waals surface area contributed by atoms with Crippen LogP contribution in [0.3, 0.4) is 0 Å². The van der Waals surface area contributed by atoms with Gasteiger partial charge in [-0.1, -0.05) is 11.6 Å². The molecule has 1 aromatic carbocycles. The molecule has 3 N–H and O–H groups in total. The Morgan fingerprint density at radius 1 is 1.41 bits per heavy atom. The molecule has 3 nitrogen and oxygen atoms in total. The van der Waals surface area contributed by atoms with Crippen molar-refractivity contribution in [3.8, 4) is 0 Å². The molecule has 0 heterocycles. The first-order valence-electron chi connectivity index (χ1n) is 6.15. The minimum atomic E-state index is 0.212. The number of halogens is 1. The van der Waals surface area contributed by atoms with Crippen molar-refractivity contribution in [2.75, 3.05) is 23.8 Å². The summed E-state index contributed by atoms with van der Waals surface area (Å²) in [5, 5.41) is 9.69. The highest BCUT2D eigenvalue weighted by atomic mass is 35.5. The zero-order valence-electron chi connectivity index (χ0n) is 9.90. The summed E-state index contributed by atoms with van der Waals surface area (Å²) in [6, 6.07) is 6.14. The lowest BCUT2D eigenvalue weighted by molar-refractivity contribution is 0.283. The van der Waals surface area contributed by atoms with E-state index in [4.69, 9.17) is 22.4 Å². The maximum absolute atomic E-state index is 8.97. The molecule has 1 saturated carbocycles. The van der Waals surface area contributed by atoms with Crippen LogP contribution in [-0.4, -0.2) is 24.3 Å². The second kappa shape index (κ2) is 5.61. The van der Waals surface area contributed by atoms with Gasteiger partial charge in [0.15, 0.2) is 0 Å². The van der Waals surface area contributed by atoms with Gasteiger partial charge in [-0.15, -0.1) is 0 Å². The third-order valence-electron chi connectivity index (χ3n) is 3.37. The maximum atomic E-state index is 8.97. The molecule has 0 spiro atoms. The van der Waals surface area contributed by atoms with E-state index in [2.05, 4.69) is 4.90 Å². The predicted octanol–water partition coefficient (Wildman–Crippen LogP) is 2.66. The summed E-state index contributed by atoms with van der Waals surface area (Å²) in [7, 11) is 0. The Morgan fingerprint density at radius 3 is 2.76 bits per heavy atom. The van der Waals surface area contributed by atoms with Crippen molar-refractivity contribution in [3.05, 3.63) is 23.2 Å². The van der Waals surface area contributed by atoms with Crippen molar-refractivity contribution in [3.63, 3.8) is 0 Å². The van der Waals surface area contributed by atoms with Crippen LogP contribution in [0, 0.1) is 0 Å². The molecule has 0 aliphatic heterocycles. The van der Waals surface area contributed by atoms with Gasteiger partial charge in [0.2, 0.25) is 0 Å². The third-order valence-corrected chi connectivity index (χ3v) is 3.61. The molecule has 0 unspecified atom stereocenters. The number of anilines is 2. The topological polar surface area (TPSA) is 49.5 Å². The Labute approximate surface area is 107 Å². The summed E-state index contributed by atoms with van der Waals surface area (Å²) in [5.74, 6) is 0. The van der Waals surface area contributed by atoms with Crippen LogP contribution in [0.25, 0.3) is 0 Å². The molecule has 1 aromatic rings. The van der Waals surface area contributed by atoms with Crippen LogP contribution in [0.1, 0.15) is 25.7 Å². The summed E-state index contributed by atoms with van der Waals surface area (Å²) < 4.78 is 0. The first-order chi connectivity index (χ1) is 8.22. The van der Waals surface area contributed by atoms with E-state index in [-0.39, 0.29) is 6.61 Å². The minimum Gasteiger partial charge on any atom is -0.397 e. The van der Waals surface area contributed by atoms with E-state index in [1.807, 2.05) is 18.2 Å². The number of aliphatic hydroxyl groups excluding tert-OH is 1. The molecule has 0 amide bonds. The molecule has 0 saturated heterocycles. The molecule has 0 aromatic heterocycles. The van der Waals surface area contributed by atoms with Gasteiger partial charge >= 0.3 is 0 Å². The fourth-order valence-corrected chi connectivity index (χ4v) is 2.37. The molecular formula is C13H19ClN2O. The number of benzene rings is 1. The maximum Gasteiger partial charge on any atom is 0.0617 e. The van der Waals surface area contributed by atoms with E-state index in [1.165, 1.54) is 19.3 Å². The second-order valence-corrected chi connectivity index (χ2v) is 4.99. The van der Waals surface area contributed by atoms with Crippen LogP contribution in [0.2, 0.25) is 5.02 Å². The molecule has 0 radical (unpaired) electrons. The van der Waals surface area contributed by atoms with Crippen LogP contribution in [-0.2, 0) is 0 Å². The fraction of sp³-hybridized carbons (Fsp3) is 0.538. The van der Waals surface area contributed by atoms with Crippen LogP contribution < -0.4 is 10.6 Å². The first kappa shape index (κ1) is 12.5. The average molecular weight is 255 g/mol. The van der Waals surface area contributed by atoms with E-state index in [0.717, 1.165) is 24.3 Å². The van der Waals surface area contributed by atoms with Crippen molar-refractivity contribution >= 4 is 23.0 Å². The standard InChI is InChI=1S/C13H19ClN2O/c14-10-5-6-12(15)13(9-10)16(7-2-8-17)11-3-1-4-11/h5-6,9,11,17H,1-4,7-8,15H2. The van der Waals surface area contributed by atoms with Gasteiger partial charge in [0, 0.05) is 24.2 Å². The largest absolute Gasteiger partial charge is 0.397 e. The highest BCUT2D eigenvalue weighted by molar-refractivity contribution is 6.31. The Kier molecular flexibility index (Phi) is 4.13. The highest BCUT2D eigenvalue weighted by Crippen LogP contribution is 2.34. The Balaban J connectivity index is 2.20. The minimum absolute atomic E-state index is 0.212. The van der Waals surface area contributed by atoms with Gasteiger partial charge < -0.3 is 15.7 Å². The van der Waals surface area contributed by atoms with E-state index in [9.17, 15) is 0 Å². The third kappa shape index (κ3) is 2.85. The average Bonchev–Trinajstić information content (AvgIpc) is 2.25. The first-order valence-corrected chi connectivity index (χ1v) is 6.52. The van der Waals surface area contributed by atoms with Crippen LogP contribution in [0.15, 0.2) is 18.2 Å². The second-order valence-electron chi connectivity index (χ2n) is 4.56. The Bertz CT molecular complexity index is 380. The lowest BCUT2D eigenvalue weighted by Crippen LogP contribution is -2.41. The predicted molar refractivity (Wildman–Crippen MR) is 72.6 cm³/mol. The van der Waals surface area contributed by atoms with Gasteiger partial charge in [-0.3, -0.25) is 0 Å². The van der Waals surface area contributed by atoms with E-state index in [0.29, 0.717) is 11.1 Å². The molecule has 4 heteroatoms. The smallest absolute Gasteiger partial charge is 0.0617 e. The zero-order chi connectivity index (χ0) is 12.3. The molecule has 17 heavy (non-hydrogen) atoms. The fourth-order valence-electron chi connectivity index (χ4n) is 2.20. The normalized spacial score (nSPS) is 15.6. The Morgan fingerprint density at radius 2 is 2.18 bits per heavy atom. The molecule has 94 valence electrons. The number of hydrogen-bond donors (Lipinski definition) is 2. The lowest BCUT2D eigenvalue weighted by atomic mass is 9.90. The van der Waals surface area contributed by atoms with Gasteiger partial charge in [0.05, 0.1) is 11.4 Å². The van der Waals surface area contributed by atoms with Crippen molar-refractivity contribution in [2.24, 2.45) is 0 Å². The molecule has 1 fully saturated rings. The lowest BCUT2D eigenvalue weighted by Gasteiger charge is -2.40. The quantitative estimate of drug-likeness (QED) is 0.795. The van der Waals surface area contributed by atoms with Crippen molar-refractivity contribution in [2.45, 2.75) is 31.7 Å². The van der Waals surface area contributed by atoms with Crippen molar-refractivity contribution in [1.29, 1.82) is 0 Å². The monoisotopic (exact) mass is 254 g/mol. The van der Waals surface area contributed by atoms with Gasteiger partial charge in [-0.25, -0.2) is 0 Å². The number of nitrogens with zero attached hydrogens (tertiary/aromatic N) is 1. The molecule has 2 rings (SSSR count). The number of nitrogens with two attached hydrogens (primary N) is 1. The van der Waals surface area contributed by atoms with Gasteiger partial charge in [-0.2, -0.15) is 0 Å². The number of rotatable bonds is 5. The molecular weight excluding hydrogens is 236 g/mol. The van der Waals surface area contributed by atoms with E-state index < -0.39 is 0 Å². The van der Waals surface area contributed by atoms with Gasteiger partial charge in [0.1, 0.15) is 0 Å². The molecule has 0 bridgehead atoms. The zero-order valence-corrected chi connectivity index (χ0v) is 10.7. The number of nitrogen functional groups attached to an aromatic ring is 1. The van der Waals surface area contributed by atoms with E-state index >= 15 is 0 Å². The van der Waals surface area contributed by atoms with Crippen molar-refractivity contribution < 1.29 is 5.11 Å². The summed E-state index contributed by atoms with van der Waals surface area (Å²) in [5.41, 5.74) is 7.79. The number of hydrogen-bond acceptors (Lipinski definition) is 3. The SMILES string of the molecule is Nc1ccc(Cl)cc1N(CCCO)C1CCC1. The summed E-state index contributed by atoms with van der Waals surface area (Å²) in [6.07, 6.45) is 4.46. The summed E-state index contributed by atoms with van der Waals surface area (Å²) >= 11 is 6.03. The highest BCUT2D eigenvalue weighted by Gasteiger charge is 2.26. The number of aliphatic hydroxyl groups is 1. The molecule has 0 atom stereocenters. The van der Waals surface area contributed by atoms with Gasteiger partial charge in [0.25, 0.3) is 0 Å². The molecule has 1 aliphatic rings. The summed E-state index contributed by atoms with van der Waals surface area (Å²) in [4.78, 5) is 2.29. The van der Waals surface area contributed by atoms with Crippen molar-refractivity contribution in [1.82, 2.24) is 0 Å². The van der Waals surface area contributed by atoms with Crippen LogP contribution in [0.4, 0.5) is 11.4 Å². The van der Waals surface area contributed by atoms with Gasteiger partial charge in [-0.05, 0) is 43.9 Å². The molecule has 1 aliphatic carbocycles. The Hall–Kier alpha value is -0.930. The van der Waals surface area contributed by atoms with Crippen LogP contribution >= 0.6 is 11.6 Å².